The summed E-state index contributed by atoms with van der Waals surface area (Å²) >= 11 is 0.894. The van der Waals surface area contributed by atoms with E-state index in [0.29, 0.717) is 5.69 Å². The highest BCUT2D eigenvalue weighted by Gasteiger charge is 2.01. The molecule has 0 aliphatic rings. The van der Waals surface area contributed by atoms with Gasteiger partial charge in [0.2, 0.25) is 5.39 Å². The van der Waals surface area contributed by atoms with E-state index in [4.69, 9.17) is 10.1 Å². The molecule has 0 aromatic heterocycles. The molecule has 0 heterocycles. The summed E-state index contributed by atoms with van der Waals surface area (Å²) in [4.78, 5) is 3.83. The van der Waals surface area contributed by atoms with Crippen LogP contribution in [0.2, 0.25) is 0 Å². The summed E-state index contributed by atoms with van der Waals surface area (Å²) in [6, 6.07) is 14.3. The SMILES string of the molecule is COc1ccc([N+]#N)cc1.Cc1ccc(SOO[O-])cc1. The summed E-state index contributed by atoms with van der Waals surface area (Å²) in [6.07, 6.45) is 0. The van der Waals surface area contributed by atoms with Gasteiger partial charge < -0.3 is 9.99 Å². The van der Waals surface area contributed by atoms with Crippen molar-refractivity contribution in [1.82, 2.24) is 0 Å². The number of methoxy groups -OCH3 is 1. The second kappa shape index (κ2) is 9.74. The van der Waals surface area contributed by atoms with Crippen LogP contribution in [0.5, 0.6) is 5.75 Å². The van der Waals surface area contributed by atoms with Gasteiger partial charge in [-0.2, -0.15) is 4.33 Å². The first-order chi connectivity index (χ1) is 10.2. The Morgan fingerprint density at radius 2 is 1.67 bits per heavy atom. The van der Waals surface area contributed by atoms with Crippen molar-refractivity contribution in [3.8, 4) is 5.75 Å². The van der Waals surface area contributed by atoms with Gasteiger partial charge in [-0.05, 0) is 31.2 Å². The lowest BCUT2D eigenvalue weighted by molar-refractivity contribution is -0.777. The first-order valence-electron chi connectivity index (χ1n) is 5.88. The molecule has 2 rings (SSSR count). The Morgan fingerprint density at radius 1 is 1.05 bits per heavy atom. The number of hydrogen-bond donors (Lipinski definition) is 0. The maximum Gasteiger partial charge on any atom is 0.385 e. The van der Waals surface area contributed by atoms with E-state index < -0.39 is 0 Å². The van der Waals surface area contributed by atoms with Gasteiger partial charge in [-0.1, -0.05) is 17.7 Å². The molecule has 0 aliphatic heterocycles. The fourth-order valence-corrected chi connectivity index (χ4v) is 1.65. The molecule has 110 valence electrons. The molecule has 0 atom stereocenters. The van der Waals surface area contributed by atoms with Crippen molar-refractivity contribution in [2.75, 3.05) is 7.11 Å². The third kappa shape index (κ3) is 6.74. The van der Waals surface area contributed by atoms with Gasteiger partial charge >= 0.3 is 5.69 Å². The fourth-order valence-electron chi connectivity index (χ4n) is 1.30. The molecule has 0 saturated carbocycles. The van der Waals surface area contributed by atoms with E-state index in [2.05, 4.69) is 14.3 Å². The van der Waals surface area contributed by atoms with Crippen molar-refractivity contribution in [2.45, 2.75) is 11.8 Å². The maximum atomic E-state index is 9.43. The van der Waals surface area contributed by atoms with Crippen molar-refractivity contribution in [3.05, 3.63) is 59.1 Å². The van der Waals surface area contributed by atoms with Crippen molar-refractivity contribution < 1.29 is 19.4 Å². The number of hydrogen-bond acceptors (Lipinski definition) is 6. The van der Waals surface area contributed by atoms with Gasteiger partial charge in [0, 0.05) is 17.0 Å². The predicted molar refractivity (Wildman–Crippen MR) is 76.9 cm³/mol. The zero-order valence-corrected chi connectivity index (χ0v) is 12.4. The number of benzene rings is 2. The van der Waals surface area contributed by atoms with E-state index in [0.717, 1.165) is 28.3 Å². The van der Waals surface area contributed by atoms with Crippen LogP contribution in [0.4, 0.5) is 5.69 Å². The molecule has 6 nitrogen and oxygen atoms in total. The van der Waals surface area contributed by atoms with Crippen LogP contribution in [0.3, 0.4) is 0 Å². The van der Waals surface area contributed by atoms with Crippen LogP contribution in [-0.4, -0.2) is 7.11 Å². The standard InChI is InChI=1S/C7H7N2O.C7H8O3S/c1-10-7-4-2-6(9-8)3-5-7;1-6-2-4-7(5-3-6)11-10-9-8/h2-5H,1H3;2-5,8H,1H3/q+1;/p-1. The van der Waals surface area contributed by atoms with E-state index in [9.17, 15) is 5.26 Å². The molecular formula is C14H14N2O4S. The smallest absolute Gasteiger partial charge is 0.385 e. The topological polar surface area (TPSA) is 78.9 Å². The highest BCUT2D eigenvalue weighted by atomic mass is 32.2. The molecule has 7 heteroatoms. The normalized spacial score (nSPS) is 9.24. The molecule has 0 radical (unpaired) electrons. The summed E-state index contributed by atoms with van der Waals surface area (Å²) < 4.78 is 9.01. The summed E-state index contributed by atoms with van der Waals surface area (Å²) in [5.74, 6) is 0.757. The lowest BCUT2D eigenvalue weighted by Gasteiger charge is -2.03. The molecule has 21 heavy (non-hydrogen) atoms. The summed E-state index contributed by atoms with van der Waals surface area (Å²) in [6.45, 7) is 1.99. The van der Waals surface area contributed by atoms with E-state index in [1.54, 1.807) is 31.4 Å². The average Bonchev–Trinajstić information content (AvgIpc) is 2.55. The van der Waals surface area contributed by atoms with E-state index in [-0.39, 0.29) is 0 Å². The molecular weight excluding hydrogens is 292 g/mol. The quantitative estimate of drug-likeness (QED) is 0.373. The third-order valence-electron chi connectivity index (χ3n) is 2.37. The number of ether oxygens (including phenoxy) is 1. The summed E-state index contributed by atoms with van der Waals surface area (Å²) in [5.41, 5.74) is 1.69. The fraction of sp³-hybridized carbons (Fsp3) is 0.143. The van der Waals surface area contributed by atoms with Crippen LogP contribution in [0.15, 0.2) is 53.4 Å². The summed E-state index contributed by atoms with van der Waals surface area (Å²) in [5, 5.41) is 20.9. The molecule has 0 spiro atoms. The maximum absolute atomic E-state index is 9.43. The van der Waals surface area contributed by atoms with Crippen molar-refractivity contribution in [2.24, 2.45) is 0 Å². The van der Waals surface area contributed by atoms with Crippen LogP contribution in [-0.2, 0) is 9.37 Å². The minimum atomic E-state index is 0.529. The lowest BCUT2D eigenvalue weighted by atomic mass is 10.2. The van der Waals surface area contributed by atoms with E-state index in [1.807, 2.05) is 31.2 Å². The summed E-state index contributed by atoms with van der Waals surface area (Å²) in [7, 11) is 1.59. The molecule has 0 fully saturated rings. The van der Waals surface area contributed by atoms with Crippen LogP contribution in [0.1, 0.15) is 5.56 Å². The predicted octanol–water partition coefficient (Wildman–Crippen LogP) is 3.41. The molecule has 0 unspecified atom stereocenters. The third-order valence-corrected chi connectivity index (χ3v) is 2.96. The van der Waals surface area contributed by atoms with Gasteiger partial charge in [0.05, 0.1) is 19.2 Å². The van der Waals surface area contributed by atoms with E-state index in [1.165, 1.54) is 0 Å². The Bertz CT molecular complexity index is 567. The van der Waals surface area contributed by atoms with Gasteiger partial charge in [-0.15, -0.1) is 0 Å². The molecule has 0 amide bonds. The highest BCUT2D eigenvalue weighted by Crippen LogP contribution is 2.18. The monoisotopic (exact) mass is 306 g/mol. The zero-order chi connectivity index (χ0) is 15.5. The minimum absolute atomic E-state index is 0.529. The number of nitrogens with zero attached hydrogens (tertiary/aromatic N) is 2. The lowest BCUT2D eigenvalue weighted by Crippen LogP contribution is -2.00. The Kier molecular flexibility index (Phi) is 7.86. The zero-order valence-electron chi connectivity index (χ0n) is 11.6. The molecule has 2 aromatic carbocycles. The van der Waals surface area contributed by atoms with Gasteiger partial charge in [0.1, 0.15) is 5.75 Å². The van der Waals surface area contributed by atoms with Crippen LogP contribution in [0.25, 0.3) is 4.98 Å². The van der Waals surface area contributed by atoms with Crippen molar-refractivity contribution in [3.63, 3.8) is 0 Å². The van der Waals surface area contributed by atoms with Crippen LogP contribution < -0.4 is 9.99 Å². The van der Waals surface area contributed by atoms with Crippen LogP contribution >= 0.6 is 12.0 Å². The molecule has 0 bridgehead atoms. The Morgan fingerprint density at radius 3 is 2.14 bits per heavy atom. The first kappa shape index (κ1) is 16.9. The van der Waals surface area contributed by atoms with Crippen LogP contribution in [0, 0.1) is 12.3 Å². The molecule has 2 aromatic rings. The molecule has 0 aliphatic carbocycles. The second-order valence-corrected chi connectivity index (χ2v) is 4.60. The van der Waals surface area contributed by atoms with Crippen molar-refractivity contribution in [1.29, 1.82) is 5.39 Å². The average molecular weight is 306 g/mol. The Hall–Kier alpha value is -2.11. The highest BCUT2D eigenvalue weighted by molar-refractivity contribution is 7.94. The largest absolute Gasteiger partial charge is 0.691 e. The minimum Gasteiger partial charge on any atom is -0.691 e. The van der Waals surface area contributed by atoms with Gasteiger partial charge in [-0.3, -0.25) is 5.04 Å². The number of diazo groups is 1. The number of rotatable bonds is 4. The molecule has 0 saturated heterocycles. The van der Waals surface area contributed by atoms with E-state index >= 15 is 0 Å². The van der Waals surface area contributed by atoms with Gasteiger partial charge in [0.15, 0.2) is 4.98 Å². The number of aryl methyl sites for hydroxylation is 1. The Labute approximate surface area is 127 Å². The molecule has 0 N–H and O–H groups in total. The Balaban J connectivity index is 0.000000211. The van der Waals surface area contributed by atoms with Gasteiger partial charge in [0.25, 0.3) is 0 Å². The van der Waals surface area contributed by atoms with Crippen molar-refractivity contribution >= 4 is 17.7 Å². The second-order valence-electron chi connectivity index (χ2n) is 3.83. The van der Waals surface area contributed by atoms with Gasteiger partial charge in [-0.25, -0.2) is 0 Å². The first-order valence-corrected chi connectivity index (χ1v) is 6.62.